The van der Waals surface area contributed by atoms with Gasteiger partial charge in [-0.25, -0.2) is 8.78 Å². The molecule has 1 aromatic heterocycles. The molecule has 0 saturated carbocycles. The third-order valence-electron chi connectivity index (χ3n) is 2.26. The maximum Gasteiger partial charge on any atom is 0.303 e. The second kappa shape index (κ2) is 5.02. The minimum absolute atomic E-state index is 0.0390. The molecule has 0 radical (unpaired) electrons. The summed E-state index contributed by atoms with van der Waals surface area (Å²) in [6.45, 7) is 3.08. The first-order valence-corrected chi connectivity index (χ1v) is 6.59. The van der Waals surface area contributed by atoms with Crippen LogP contribution in [-0.2, 0) is 10.7 Å². The Balaban J connectivity index is 2.82. The van der Waals surface area contributed by atoms with E-state index < -0.39 is 23.7 Å². The van der Waals surface area contributed by atoms with Gasteiger partial charge in [-0.3, -0.25) is 4.79 Å². The van der Waals surface area contributed by atoms with Crippen LogP contribution in [0.4, 0.5) is 8.78 Å². The zero-order chi connectivity index (χ0) is 13.3. The number of carboxylic acid groups (broad SMARTS) is 1. The fourth-order valence-electron chi connectivity index (χ4n) is 1.67. The van der Waals surface area contributed by atoms with Gasteiger partial charge < -0.3 is 5.11 Å². The van der Waals surface area contributed by atoms with Crippen LogP contribution in [0.1, 0.15) is 31.6 Å². The lowest BCUT2D eigenvalue weighted by Gasteiger charge is -2.27. The SMILES string of the molecule is CC(C)(CC(=O)O)CC(F)(F)c1ccc(Br)s1. The molecule has 17 heavy (non-hydrogen) atoms. The van der Waals surface area contributed by atoms with Crippen molar-refractivity contribution in [2.24, 2.45) is 5.41 Å². The summed E-state index contributed by atoms with van der Waals surface area (Å²) in [7, 11) is 0. The Morgan fingerprint density at radius 2 is 2.06 bits per heavy atom. The molecule has 0 unspecified atom stereocenters. The average molecular weight is 327 g/mol. The number of alkyl halides is 2. The number of thiophene rings is 1. The van der Waals surface area contributed by atoms with Gasteiger partial charge in [-0.1, -0.05) is 13.8 Å². The molecule has 96 valence electrons. The summed E-state index contributed by atoms with van der Waals surface area (Å²) in [6, 6.07) is 2.93. The van der Waals surface area contributed by atoms with Crippen LogP contribution in [0, 0.1) is 5.41 Å². The Labute approximate surface area is 111 Å². The van der Waals surface area contributed by atoms with E-state index >= 15 is 0 Å². The Kier molecular flexibility index (Phi) is 4.30. The van der Waals surface area contributed by atoms with Crippen molar-refractivity contribution in [3.63, 3.8) is 0 Å². The Morgan fingerprint density at radius 1 is 1.47 bits per heavy atom. The smallest absolute Gasteiger partial charge is 0.303 e. The second-order valence-corrected chi connectivity index (χ2v) is 7.18. The molecule has 2 nitrogen and oxygen atoms in total. The highest BCUT2D eigenvalue weighted by atomic mass is 79.9. The van der Waals surface area contributed by atoms with Crippen LogP contribution < -0.4 is 0 Å². The molecule has 6 heteroatoms. The first kappa shape index (κ1) is 14.6. The molecule has 0 bridgehead atoms. The summed E-state index contributed by atoms with van der Waals surface area (Å²) in [4.78, 5) is 10.6. The minimum Gasteiger partial charge on any atom is -0.481 e. The summed E-state index contributed by atoms with van der Waals surface area (Å²) in [5.74, 6) is -4.05. The molecule has 0 saturated heterocycles. The van der Waals surface area contributed by atoms with Crippen molar-refractivity contribution in [2.75, 3.05) is 0 Å². The zero-order valence-electron chi connectivity index (χ0n) is 9.47. The number of carboxylic acids is 1. The monoisotopic (exact) mass is 326 g/mol. The molecule has 0 aliphatic carbocycles. The van der Waals surface area contributed by atoms with Crippen molar-refractivity contribution >= 4 is 33.2 Å². The van der Waals surface area contributed by atoms with Gasteiger partial charge in [0.2, 0.25) is 0 Å². The summed E-state index contributed by atoms with van der Waals surface area (Å²) in [5.41, 5.74) is -0.939. The lowest BCUT2D eigenvalue weighted by atomic mass is 9.82. The Bertz CT molecular complexity index is 415. The number of carbonyl (C=O) groups is 1. The van der Waals surface area contributed by atoms with Crippen molar-refractivity contribution in [1.29, 1.82) is 0 Å². The molecular formula is C11H13BrF2O2S. The molecule has 0 atom stereocenters. The van der Waals surface area contributed by atoms with Gasteiger partial charge >= 0.3 is 5.97 Å². The lowest BCUT2D eigenvalue weighted by molar-refractivity contribution is -0.140. The third kappa shape index (κ3) is 4.35. The van der Waals surface area contributed by atoms with Crippen LogP contribution >= 0.6 is 27.3 Å². The summed E-state index contributed by atoms with van der Waals surface area (Å²) in [6.07, 6.45) is -0.742. The van der Waals surface area contributed by atoms with Gasteiger partial charge in [0, 0.05) is 6.42 Å². The van der Waals surface area contributed by atoms with Crippen molar-refractivity contribution in [2.45, 2.75) is 32.6 Å². The van der Waals surface area contributed by atoms with E-state index in [2.05, 4.69) is 15.9 Å². The van der Waals surface area contributed by atoms with Crippen molar-refractivity contribution in [3.8, 4) is 0 Å². The molecule has 1 heterocycles. The standard InChI is InChI=1S/C11H13BrF2O2S/c1-10(2,5-9(15)16)6-11(13,14)7-3-4-8(12)17-7/h3-4H,5-6H2,1-2H3,(H,15,16). The highest BCUT2D eigenvalue weighted by molar-refractivity contribution is 9.11. The number of aliphatic carboxylic acids is 1. The van der Waals surface area contributed by atoms with Crippen molar-refractivity contribution < 1.29 is 18.7 Å². The predicted octanol–water partition coefficient (Wildman–Crippen LogP) is 4.49. The molecule has 0 aliphatic rings. The maximum atomic E-state index is 13.9. The van der Waals surface area contributed by atoms with Gasteiger partial charge in [-0.05, 0) is 33.5 Å². The molecule has 0 aliphatic heterocycles. The van der Waals surface area contributed by atoms with Crippen LogP contribution in [0.25, 0.3) is 0 Å². The molecule has 1 aromatic rings. The van der Waals surface area contributed by atoms with Gasteiger partial charge in [0.1, 0.15) is 0 Å². The maximum absolute atomic E-state index is 13.9. The highest BCUT2D eigenvalue weighted by Crippen LogP contribution is 2.44. The first-order valence-electron chi connectivity index (χ1n) is 4.98. The van der Waals surface area contributed by atoms with Crippen LogP contribution in [0.2, 0.25) is 0 Å². The molecule has 0 amide bonds. The topological polar surface area (TPSA) is 37.3 Å². The summed E-state index contributed by atoms with van der Waals surface area (Å²) in [5, 5.41) is 8.67. The molecule has 1 N–H and O–H groups in total. The van der Waals surface area contributed by atoms with E-state index in [9.17, 15) is 13.6 Å². The van der Waals surface area contributed by atoms with Gasteiger partial charge in [-0.2, -0.15) is 0 Å². The normalized spacial score (nSPS) is 12.8. The average Bonchev–Trinajstić information content (AvgIpc) is 2.46. The van der Waals surface area contributed by atoms with Crippen LogP contribution in [-0.4, -0.2) is 11.1 Å². The molecular weight excluding hydrogens is 314 g/mol. The predicted molar refractivity (Wildman–Crippen MR) is 66.6 cm³/mol. The third-order valence-corrected chi connectivity index (χ3v) is 4.00. The number of halogens is 3. The van der Waals surface area contributed by atoms with E-state index in [0.717, 1.165) is 11.3 Å². The molecule has 1 rings (SSSR count). The van der Waals surface area contributed by atoms with E-state index in [1.807, 2.05) is 0 Å². The van der Waals surface area contributed by atoms with Gasteiger partial charge in [-0.15, -0.1) is 11.3 Å². The van der Waals surface area contributed by atoms with Crippen LogP contribution in [0.3, 0.4) is 0 Å². The fourth-order valence-corrected chi connectivity index (χ4v) is 3.03. The lowest BCUT2D eigenvalue weighted by Crippen LogP contribution is -2.26. The highest BCUT2D eigenvalue weighted by Gasteiger charge is 2.40. The van der Waals surface area contributed by atoms with E-state index in [-0.39, 0.29) is 11.3 Å². The van der Waals surface area contributed by atoms with E-state index in [4.69, 9.17) is 5.11 Å². The Hall–Kier alpha value is -0.490. The Morgan fingerprint density at radius 3 is 2.47 bits per heavy atom. The van der Waals surface area contributed by atoms with Crippen LogP contribution in [0.15, 0.2) is 15.9 Å². The molecule has 0 fully saturated rings. The number of hydrogen-bond acceptors (Lipinski definition) is 2. The van der Waals surface area contributed by atoms with Gasteiger partial charge in [0.15, 0.2) is 0 Å². The van der Waals surface area contributed by atoms with Crippen molar-refractivity contribution in [3.05, 3.63) is 20.8 Å². The van der Waals surface area contributed by atoms with E-state index in [1.165, 1.54) is 19.9 Å². The first-order chi connectivity index (χ1) is 7.62. The molecule has 0 spiro atoms. The number of hydrogen-bond donors (Lipinski definition) is 1. The summed E-state index contributed by atoms with van der Waals surface area (Å²) < 4.78 is 28.5. The zero-order valence-corrected chi connectivity index (χ0v) is 11.9. The fraction of sp³-hybridized carbons (Fsp3) is 0.545. The largest absolute Gasteiger partial charge is 0.481 e. The quantitative estimate of drug-likeness (QED) is 0.865. The van der Waals surface area contributed by atoms with E-state index in [1.54, 1.807) is 6.07 Å². The number of rotatable bonds is 5. The van der Waals surface area contributed by atoms with Crippen LogP contribution in [0.5, 0.6) is 0 Å². The second-order valence-electron chi connectivity index (χ2n) is 4.72. The van der Waals surface area contributed by atoms with Gasteiger partial charge in [0.05, 0.1) is 15.1 Å². The summed E-state index contributed by atoms with van der Waals surface area (Å²) >= 11 is 4.11. The minimum atomic E-state index is -2.99. The van der Waals surface area contributed by atoms with Gasteiger partial charge in [0.25, 0.3) is 5.92 Å². The van der Waals surface area contributed by atoms with Crippen molar-refractivity contribution in [1.82, 2.24) is 0 Å². The van der Waals surface area contributed by atoms with E-state index in [0.29, 0.717) is 3.79 Å². The molecule has 0 aromatic carbocycles.